The zero-order valence-electron chi connectivity index (χ0n) is 25.9. The Balaban J connectivity index is 1.42. The van der Waals surface area contributed by atoms with Crippen LogP contribution in [-0.4, -0.2) is 77.6 Å². The molecule has 0 saturated carbocycles. The molecule has 1 amide bonds. The predicted molar refractivity (Wildman–Crippen MR) is 173 cm³/mol. The second-order valence-electron chi connectivity index (χ2n) is 11.6. The van der Waals surface area contributed by atoms with Crippen LogP contribution < -0.4 is 9.47 Å². The van der Waals surface area contributed by atoms with Crippen LogP contribution in [0.15, 0.2) is 48.5 Å². The maximum atomic E-state index is 15.0. The van der Waals surface area contributed by atoms with Crippen LogP contribution in [0.1, 0.15) is 53.3 Å². The number of aryl methyl sites for hydroxylation is 1. The molecule has 0 spiro atoms. The van der Waals surface area contributed by atoms with Crippen molar-refractivity contribution in [1.82, 2.24) is 19.2 Å². The largest absolute Gasteiger partial charge is 0.489 e. The van der Waals surface area contributed by atoms with Gasteiger partial charge in [0.25, 0.3) is 5.91 Å². The third-order valence-electron chi connectivity index (χ3n) is 8.96. The normalized spacial score (nSPS) is 17.6. The molecule has 2 aliphatic rings. The van der Waals surface area contributed by atoms with Gasteiger partial charge < -0.3 is 19.1 Å². The molecule has 2 atom stereocenters. The number of ether oxygens (including phenoxy) is 3. The first-order valence-electron chi connectivity index (χ1n) is 15.3. The smallest absolute Gasteiger partial charge is 0.306 e. The molecule has 46 heavy (non-hydrogen) atoms. The second-order valence-corrected chi connectivity index (χ2v) is 12.4. The van der Waals surface area contributed by atoms with Gasteiger partial charge in [0, 0.05) is 30.3 Å². The van der Waals surface area contributed by atoms with Crippen molar-refractivity contribution in [2.75, 3.05) is 40.5 Å². The van der Waals surface area contributed by atoms with Crippen molar-refractivity contribution in [3.05, 3.63) is 81.2 Å². The average molecular weight is 670 g/mol. The van der Waals surface area contributed by atoms with Gasteiger partial charge in [0.15, 0.2) is 11.6 Å². The van der Waals surface area contributed by atoms with Crippen LogP contribution in [0.25, 0.3) is 16.9 Å². The first-order chi connectivity index (χ1) is 22.2. The van der Waals surface area contributed by atoms with E-state index in [2.05, 4.69) is 4.90 Å². The van der Waals surface area contributed by atoms with Gasteiger partial charge in [-0.25, -0.2) is 9.37 Å². The number of amides is 1. The summed E-state index contributed by atoms with van der Waals surface area (Å²) < 4.78 is 33.2. The van der Waals surface area contributed by atoms with E-state index in [9.17, 15) is 14.0 Å². The van der Waals surface area contributed by atoms with Gasteiger partial charge in [-0.05, 0) is 62.6 Å². The SMILES string of the molecule is COC(=O)CCN1CCC[C@H]1CCN(C(=O)c1nc2cccc(OC)n2c1-c1ccc(C)c(F)c1)C1COc2c1ccc(Cl)c2Cl. The summed E-state index contributed by atoms with van der Waals surface area (Å²) in [6, 6.07) is 13.5. The molecule has 4 heterocycles. The van der Waals surface area contributed by atoms with E-state index in [1.54, 1.807) is 52.6 Å². The first kappa shape index (κ1) is 32.1. The molecular formula is C34H35Cl2FN4O5. The lowest BCUT2D eigenvalue weighted by atomic mass is 10.0. The maximum Gasteiger partial charge on any atom is 0.306 e. The number of aromatic nitrogens is 2. The van der Waals surface area contributed by atoms with Crippen LogP contribution in [0.2, 0.25) is 10.0 Å². The number of carbonyl (C=O) groups is 2. The zero-order chi connectivity index (χ0) is 32.5. The first-order valence-corrected chi connectivity index (χ1v) is 16.0. The highest BCUT2D eigenvalue weighted by Gasteiger charge is 2.38. The third-order valence-corrected chi connectivity index (χ3v) is 9.75. The number of rotatable bonds is 10. The predicted octanol–water partition coefficient (Wildman–Crippen LogP) is 6.76. The molecule has 2 aliphatic heterocycles. The van der Waals surface area contributed by atoms with Gasteiger partial charge in [0.05, 0.1) is 37.4 Å². The van der Waals surface area contributed by atoms with Crippen LogP contribution in [-0.2, 0) is 9.53 Å². The Morgan fingerprint density at radius 2 is 1.98 bits per heavy atom. The van der Waals surface area contributed by atoms with Crippen molar-refractivity contribution in [3.63, 3.8) is 0 Å². The Labute approximate surface area is 276 Å². The minimum absolute atomic E-state index is 0.162. The quantitative estimate of drug-likeness (QED) is 0.173. The van der Waals surface area contributed by atoms with Gasteiger partial charge >= 0.3 is 5.97 Å². The number of imidazole rings is 1. The van der Waals surface area contributed by atoms with Gasteiger partial charge in [0.2, 0.25) is 0 Å². The number of hydrogen-bond donors (Lipinski definition) is 0. The Hall–Kier alpha value is -3.86. The fourth-order valence-corrected chi connectivity index (χ4v) is 6.90. The van der Waals surface area contributed by atoms with Crippen LogP contribution in [0, 0.1) is 12.7 Å². The van der Waals surface area contributed by atoms with Crippen molar-refractivity contribution in [1.29, 1.82) is 0 Å². The number of fused-ring (bicyclic) bond motifs is 2. The van der Waals surface area contributed by atoms with Gasteiger partial charge in [-0.15, -0.1) is 0 Å². The van der Waals surface area contributed by atoms with E-state index in [0.717, 1.165) is 24.9 Å². The molecule has 2 aromatic heterocycles. The highest BCUT2D eigenvalue weighted by molar-refractivity contribution is 6.43. The highest BCUT2D eigenvalue weighted by atomic mass is 35.5. The average Bonchev–Trinajstić information content (AvgIpc) is 3.80. The van der Waals surface area contributed by atoms with Gasteiger partial charge in [-0.2, -0.15) is 0 Å². The summed E-state index contributed by atoms with van der Waals surface area (Å²) in [4.78, 5) is 35.6. The van der Waals surface area contributed by atoms with Crippen molar-refractivity contribution in [3.8, 4) is 22.9 Å². The van der Waals surface area contributed by atoms with E-state index in [0.29, 0.717) is 70.1 Å². The molecule has 12 heteroatoms. The molecule has 0 aliphatic carbocycles. The number of benzene rings is 2. The molecule has 0 N–H and O–H groups in total. The standard InChI is InChI=1S/C34H35Cl2FN4O5/c1-20-9-10-21(18-25(20)37)32-31(38-27-7-4-8-28(44-2)41(27)32)34(43)40(26-19-46-33-23(26)11-12-24(35)30(33)36)17-13-22-6-5-15-39(22)16-14-29(42)45-3/h4,7-12,18,22,26H,5-6,13-17,19H2,1-3H3/t22-,26?/m0/s1. The van der Waals surface area contributed by atoms with Crippen molar-refractivity contribution in [2.24, 2.45) is 0 Å². The Kier molecular flexibility index (Phi) is 9.40. The summed E-state index contributed by atoms with van der Waals surface area (Å²) in [5.41, 5.74) is 2.81. The van der Waals surface area contributed by atoms with Gasteiger partial charge in [-0.1, -0.05) is 47.5 Å². The van der Waals surface area contributed by atoms with Crippen molar-refractivity contribution in [2.45, 2.75) is 44.7 Å². The third kappa shape index (κ3) is 6.01. The number of nitrogens with zero attached hydrogens (tertiary/aromatic N) is 4. The van der Waals surface area contributed by atoms with E-state index in [1.165, 1.54) is 20.3 Å². The zero-order valence-corrected chi connectivity index (χ0v) is 27.4. The molecule has 4 aromatic rings. The molecule has 6 rings (SSSR count). The second kappa shape index (κ2) is 13.5. The molecule has 9 nitrogen and oxygen atoms in total. The van der Waals surface area contributed by atoms with Crippen LogP contribution >= 0.6 is 23.2 Å². The molecule has 242 valence electrons. The van der Waals surface area contributed by atoms with Crippen LogP contribution in [0.3, 0.4) is 0 Å². The number of carbonyl (C=O) groups excluding carboxylic acids is 2. The lowest BCUT2D eigenvalue weighted by Gasteiger charge is -2.31. The molecule has 0 radical (unpaired) electrons. The fourth-order valence-electron chi connectivity index (χ4n) is 6.52. The Morgan fingerprint density at radius 3 is 2.74 bits per heavy atom. The van der Waals surface area contributed by atoms with E-state index >= 15 is 0 Å². The van der Waals surface area contributed by atoms with Crippen LogP contribution in [0.5, 0.6) is 11.6 Å². The molecule has 1 fully saturated rings. The van der Waals surface area contributed by atoms with Gasteiger partial charge in [-0.3, -0.25) is 18.9 Å². The topological polar surface area (TPSA) is 85.6 Å². The molecular weight excluding hydrogens is 634 g/mol. The van der Waals surface area contributed by atoms with E-state index < -0.39 is 11.9 Å². The molecule has 1 saturated heterocycles. The van der Waals surface area contributed by atoms with Crippen molar-refractivity contribution >= 4 is 40.7 Å². The molecule has 0 bridgehead atoms. The fraction of sp³-hybridized carbons (Fsp3) is 0.382. The number of hydrogen-bond acceptors (Lipinski definition) is 7. The van der Waals surface area contributed by atoms with E-state index in [-0.39, 0.29) is 30.2 Å². The highest BCUT2D eigenvalue weighted by Crippen LogP contribution is 2.45. The van der Waals surface area contributed by atoms with Gasteiger partial charge in [0.1, 0.15) is 28.8 Å². The van der Waals surface area contributed by atoms with Crippen molar-refractivity contribution < 1.29 is 28.2 Å². The molecule has 1 unspecified atom stereocenters. The summed E-state index contributed by atoms with van der Waals surface area (Å²) >= 11 is 12.8. The lowest BCUT2D eigenvalue weighted by molar-refractivity contribution is -0.141. The minimum atomic E-state index is -0.475. The monoisotopic (exact) mass is 668 g/mol. The Morgan fingerprint density at radius 1 is 1.15 bits per heavy atom. The van der Waals surface area contributed by atoms with E-state index in [1.807, 2.05) is 6.07 Å². The Bertz CT molecular complexity index is 1800. The number of halogens is 3. The number of methoxy groups -OCH3 is 2. The van der Waals surface area contributed by atoms with Crippen LogP contribution in [0.4, 0.5) is 4.39 Å². The van der Waals surface area contributed by atoms with E-state index in [4.69, 9.17) is 42.4 Å². The number of pyridine rings is 1. The minimum Gasteiger partial charge on any atom is -0.489 e. The summed E-state index contributed by atoms with van der Waals surface area (Å²) in [6.07, 6.45) is 2.91. The maximum absolute atomic E-state index is 15.0. The summed E-state index contributed by atoms with van der Waals surface area (Å²) in [5, 5.41) is 0.661. The number of likely N-dealkylation sites (tertiary alicyclic amines) is 1. The number of esters is 1. The summed E-state index contributed by atoms with van der Waals surface area (Å²) in [5.74, 6) is -0.0752. The summed E-state index contributed by atoms with van der Waals surface area (Å²) in [6.45, 7) is 3.70. The lowest BCUT2D eigenvalue weighted by Crippen LogP contribution is -2.40. The molecule has 2 aromatic carbocycles. The summed E-state index contributed by atoms with van der Waals surface area (Å²) in [7, 11) is 2.93.